The quantitative estimate of drug-likeness (QED) is 0.531. The zero-order valence-corrected chi connectivity index (χ0v) is 6.79. The molecular formula is C10H11NO. The number of nitrogen functional groups attached to an aromatic ring is 1. The molecule has 0 unspecified atom stereocenters. The molecule has 0 spiro atoms. The minimum atomic E-state index is 0.216. The molecule has 2 nitrogen and oxygen atoms in total. The van der Waals surface area contributed by atoms with Crippen LogP contribution in [0.4, 0.5) is 5.69 Å². The molecule has 2 N–H and O–H groups in total. The Bertz CT molecular complexity index is 315. The first-order chi connectivity index (χ1) is 5.79. The van der Waals surface area contributed by atoms with E-state index in [-0.39, 0.29) is 11.7 Å². The first-order valence-corrected chi connectivity index (χ1v) is 4.18. The van der Waals surface area contributed by atoms with Crippen molar-refractivity contribution >= 4 is 11.5 Å². The van der Waals surface area contributed by atoms with Gasteiger partial charge in [0.1, 0.15) is 0 Å². The average Bonchev–Trinajstić information content (AvgIpc) is 2.86. The molecule has 1 aliphatic carbocycles. The smallest absolute Gasteiger partial charge is 0.168 e. The van der Waals surface area contributed by atoms with Crippen molar-refractivity contribution in [2.24, 2.45) is 5.92 Å². The van der Waals surface area contributed by atoms with Gasteiger partial charge in [0.2, 0.25) is 0 Å². The number of para-hydroxylation sites is 1. The molecule has 0 amide bonds. The summed E-state index contributed by atoms with van der Waals surface area (Å²) in [5.74, 6) is 0.475. The summed E-state index contributed by atoms with van der Waals surface area (Å²) >= 11 is 0. The van der Waals surface area contributed by atoms with E-state index in [1.54, 1.807) is 12.1 Å². The topological polar surface area (TPSA) is 43.1 Å². The van der Waals surface area contributed by atoms with Crippen molar-refractivity contribution in [3.8, 4) is 0 Å². The second-order valence-corrected chi connectivity index (χ2v) is 3.23. The first kappa shape index (κ1) is 7.35. The van der Waals surface area contributed by atoms with E-state index >= 15 is 0 Å². The lowest BCUT2D eigenvalue weighted by molar-refractivity contribution is 0.0968. The molecule has 0 heterocycles. The number of hydrogen-bond donors (Lipinski definition) is 1. The molecule has 2 rings (SSSR count). The van der Waals surface area contributed by atoms with Crippen LogP contribution >= 0.6 is 0 Å². The summed E-state index contributed by atoms with van der Waals surface area (Å²) in [4.78, 5) is 11.5. The minimum Gasteiger partial charge on any atom is -0.398 e. The number of rotatable bonds is 2. The van der Waals surface area contributed by atoms with Crippen molar-refractivity contribution in [2.75, 3.05) is 5.73 Å². The molecule has 0 atom stereocenters. The summed E-state index contributed by atoms with van der Waals surface area (Å²) in [6, 6.07) is 7.27. The van der Waals surface area contributed by atoms with E-state index in [4.69, 9.17) is 5.73 Å². The highest BCUT2D eigenvalue weighted by atomic mass is 16.1. The summed E-state index contributed by atoms with van der Waals surface area (Å²) in [6.45, 7) is 0. The molecule has 1 aliphatic rings. The summed E-state index contributed by atoms with van der Waals surface area (Å²) in [6.07, 6.45) is 2.07. The number of anilines is 1. The summed E-state index contributed by atoms with van der Waals surface area (Å²) in [5.41, 5.74) is 6.97. The highest BCUT2D eigenvalue weighted by molar-refractivity contribution is 6.03. The predicted octanol–water partition coefficient (Wildman–Crippen LogP) is 1.86. The average molecular weight is 161 g/mol. The number of carbonyl (C=O) groups is 1. The maximum atomic E-state index is 11.5. The predicted molar refractivity (Wildman–Crippen MR) is 47.9 cm³/mol. The normalized spacial score (nSPS) is 16.0. The van der Waals surface area contributed by atoms with Gasteiger partial charge in [0.15, 0.2) is 5.78 Å². The van der Waals surface area contributed by atoms with Crippen molar-refractivity contribution < 1.29 is 4.79 Å². The fraction of sp³-hybridized carbons (Fsp3) is 0.300. The highest BCUT2D eigenvalue weighted by Crippen LogP contribution is 2.33. The van der Waals surface area contributed by atoms with Crippen LogP contribution in [0.3, 0.4) is 0 Å². The van der Waals surface area contributed by atoms with Gasteiger partial charge in [-0.1, -0.05) is 12.1 Å². The van der Waals surface area contributed by atoms with Crippen LogP contribution in [0, 0.1) is 5.92 Å². The molecule has 0 aliphatic heterocycles. The number of hydrogen-bond acceptors (Lipinski definition) is 2. The number of nitrogens with two attached hydrogens (primary N) is 1. The second kappa shape index (κ2) is 2.63. The molecule has 1 saturated carbocycles. The van der Waals surface area contributed by atoms with E-state index in [2.05, 4.69) is 0 Å². The molecule has 0 saturated heterocycles. The van der Waals surface area contributed by atoms with Gasteiger partial charge >= 0.3 is 0 Å². The van der Waals surface area contributed by atoms with E-state index in [9.17, 15) is 4.79 Å². The molecule has 1 aromatic carbocycles. The number of carbonyl (C=O) groups excluding carboxylic acids is 1. The van der Waals surface area contributed by atoms with E-state index in [1.807, 2.05) is 12.1 Å². The maximum Gasteiger partial charge on any atom is 0.168 e. The van der Waals surface area contributed by atoms with E-state index in [0.29, 0.717) is 11.3 Å². The zero-order valence-electron chi connectivity index (χ0n) is 6.79. The monoisotopic (exact) mass is 161 g/mol. The molecule has 12 heavy (non-hydrogen) atoms. The summed E-state index contributed by atoms with van der Waals surface area (Å²) in [5, 5.41) is 0. The van der Waals surface area contributed by atoms with Crippen LogP contribution in [-0.2, 0) is 0 Å². The second-order valence-electron chi connectivity index (χ2n) is 3.23. The van der Waals surface area contributed by atoms with Crippen LogP contribution in [0.2, 0.25) is 0 Å². The SMILES string of the molecule is Nc1ccccc1C(=O)C1CC1. The minimum absolute atomic E-state index is 0.216. The van der Waals surface area contributed by atoms with Crippen molar-refractivity contribution in [1.82, 2.24) is 0 Å². The third-order valence-electron chi connectivity index (χ3n) is 2.17. The van der Waals surface area contributed by atoms with Gasteiger partial charge in [-0.15, -0.1) is 0 Å². The van der Waals surface area contributed by atoms with Gasteiger partial charge in [-0.05, 0) is 25.0 Å². The number of benzene rings is 1. The summed E-state index contributed by atoms with van der Waals surface area (Å²) < 4.78 is 0. The number of Topliss-reactive ketones (excluding diaryl/α,β-unsaturated/α-hetero) is 1. The van der Waals surface area contributed by atoms with Gasteiger partial charge in [0, 0.05) is 17.2 Å². The Morgan fingerprint density at radius 1 is 1.33 bits per heavy atom. The van der Waals surface area contributed by atoms with Crippen LogP contribution in [-0.4, -0.2) is 5.78 Å². The van der Waals surface area contributed by atoms with Crippen LogP contribution in [0.25, 0.3) is 0 Å². The molecular weight excluding hydrogens is 150 g/mol. The van der Waals surface area contributed by atoms with E-state index in [0.717, 1.165) is 12.8 Å². The Hall–Kier alpha value is -1.31. The Balaban J connectivity index is 2.32. The Kier molecular flexibility index (Phi) is 1.61. The third kappa shape index (κ3) is 1.20. The fourth-order valence-corrected chi connectivity index (χ4v) is 1.29. The van der Waals surface area contributed by atoms with Gasteiger partial charge in [-0.25, -0.2) is 0 Å². The fourth-order valence-electron chi connectivity index (χ4n) is 1.29. The highest BCUT2D eigenvalue weighted by Gasteiger charge is 2.31. The van der Waals surface area contributed by atoms with Crippen LogP contribution in [0.5, 0.6) is 0 Å². The largest absolute Gasteiger partial charge is 0.398 e. The third-order valence-corrected chi connectivity index (χ3v) is 2.17. The lowest BCUT2D eigenvalue weighted by Gasteiger charge is -2.01. The molecule has 0 radical (unpaired) electrons. The lowest BCUT2D eigenvalue weighted by Crippen LogP contribution is -2.04. The van der Waals surface area contributed by atoms with Gasteiger partial charge in [0.05, 0.1) is 0 Å². The van der Waals surface area contributed by atoms with Gasteiger partial charge < -0.3 is 5.73 Å². The standard InChI is InChI=1S/C10H11NO/c11-9-4-2-1-3-8(9)10(12)7-5-6-7/h1-4,7H,5-6,11H2. The van der Waals surface area contributed by atoms with Crippen LogP contribution in [0.1, 0.15) is 23.2 Å². The molecule has 2 heteroatoms. The Morgan fingerprint density at radius 2 is 2.00 bits per heavy atom. The van der Waals surface area contributed by atoms with Crippen LogP contribution in [0.15, 0.2) is 24.3 Å². The summed E-state index contributed by atoms with van der Waals surface area (Å²) in [7, 11) is 0. The van der Waals surface area contributed by atoms with Gasteiger partial charge in [-0.2, -0.15) is 0 Å². The van der Waals surface area contributed by atoms with E-state index in [1.165, 1.54) is 0 Å². The van der Waals surface area contributed by atoms with Crippen molar-refractivity contribution in [2.45, 2.75) is 12.8 Å². The van der Waals surface area contributed by atoms with Crippen molar-refractivity contribution in [1.29, 1.82) is 0 Å². The van der Waals surface area contributed by atoms with Gasteiger partial charge in [-0.3, -0.25) is 4.79 Å². The molecule has 1 fully saturated rings. The molecule has 0 bridgehead atoms. The Labute approximate surface area is 71.4 Å². The molecule has 62 valence electrons. The number of ketones is 1. The van der Waals surface area contributed by atoms with E-state index < -0.39 is 0 Å². The Morgan fingerprint density at radius 3 is 2.58 bits per heavy atom. The van der Waals surface area contributed by atoms with Crippen molar-refractivity contribution in [3.63, 3.8) is 0 Å². The van der Waals surface area contributed by atoms with Crippen molar-refractivity contribution in [3.05, 3.63) is 29.8 Å². The molecule has 0 aromatic heterocycles. The maximum absolute atomic E-state index is 11.5. The first-order valence-electron chi connectivity index (χ1n) is 4.18. The van der Waals surface area contributed by atoms with Gasteiger partial charge in [0.25, 0.3) is 0 Å². The lowest BCUT2D eigenvalue weighted by atomic mass is 10.1. The van der Waals surface area contributed by atoms with Crippen LogP contribution < -0.4 is 5.73 Å². The zero-order chi connectivity index (χ0) is 8.55. The molecule has 1 aromatic rings.